The molecule has 0 radical (unpaired) electrons. The molecule has 1 aromatic carbocycles. The van der Waals surface area contributed by atoms with E-state index in [2.05, 4.69) is 0 Å². The van der Waals surface area contributed by atoms with Crippen LogP contribution in [0.15, 0.2) is 24.3 Å². The van der Waals surface area contributed by atoms with Crippen molar-refractivity contribution in [1.29, 1.82) is 0 Å². The zero-order valence-electron chi connectivity index (χ0n) is 9.50. The van der Waals surface area contributed by atoms with Crippen molar-refractivity contribution in [2.75, 3.05) is 18.8 Å². The van der Waals surface area contributed by atoms with Gasteiger partial charge in [-0.2, -0.15) is 0 Å². The Bertz CT molecular complexity index is 316. The van der Waals surface area contributed by atoms with Crippen LogP contribution in [0.3, 0.4) is 0 Å². The van der Waals surface area contributed by atoms with Crippen LogP contribution >= 0.6 is 0 Å². The van der Waals surface area contributed by atoms with Crippen LogP contribution in [0.2, 0.25) is 0 Å². The van der Waals surface area contributed by atoms with Gasteiger partial charge < -0.3 is 5.73 Å². The van der Waals surface area contributed by atoms with Gasteiger partial charge in [0.05, 0.1) is 6.54 Å². The highest BCUT2D eigenvalue weighted by Crippen LogP contribution is 2.11. The second kappa shape index (κ2) is 6.43. The number of nitrogens with two attached hydrogens (primary N) is 1. The van der Waals surface area contributed by atoms with E-state index in [4.69, 9.17) is 5.73 Å². The van der Waals surface area contributed by atoms with E-state index in [1.54, 1.807) is 11.0 Å². The Morgan fingerprint density at radius 1 is 1.38 bits per heavy atom. The number of anilines is 1. The Hall–Kier alpha value is -1.16. The van der Waals surface area contributed by atoms with E-state index in [1.807, 2.05) is 25.1 Å². The van der Waals surface area contributed by atoms with Gasteiger partial charge >= 0.3 is 0 Å². The molecule has 1 rings (SSSR count). The molecule has 0 spiro atoms. The summed E-state index contributed by atoms with van der Waals surface area (Å²) in [5, 5.41) is 0. The monoisotopic (exact) mass is 228 g/mol. The van der Waals surface area contributed by atoms with Crippen molar-refractivity contribution in [3.05, 3.63) is 29.8 Å². The largest absolute Gasteiger partial charge is 0.399 e. The highest BCUT2D eigenvalue weighted by Gasteiger charge is 2.11. The Kier molecular flexibility index (Phi) is 5.19. The van der Waals surface area contributed by atoms with Crippen molar-refractivity contribution >= 4 is 5.69 Å². The lowest BCUT2D eigenvalue weighted by Crippen LogP contribution is -2.29. The highest BCUT2D eigenvalue weighted by atomic mass is 19.3. The van der Waals surface area contributed by atoms with E-state index in [0.29, 0.717) is 18.8 Å². The molecule has 0 aliphatic heterocycles. The number of benzene rings is 1. The second-order valence-corrected chi connectivity index (χ2v) is 3.87. The summed E-state index contributed by atoms with van der Waals surface area (Å²) in [5.74, 6) is 0. The van der Waals surface area contributed by atoms with E-state index < -0.39 is 6.43 Å². The van der Waals surface area contributed by atoms with Gasteiger partial charge in [0.2, 0.25) is 0 Å². The van der Waals surface area contributed by atoms with E-state index in [0.717, 1.165) is 12.0 Å². The highest BCUT2D eigenvalue weighted by molar-refractivity contribution is 5.40. The fraction of sp³-hybridized carbons (Fsp3) is 0.500. The van der Waals surface area contributed by atoms with Crippen LogP contribution in [0, 0.1) is 0 Å². The predicted octanol–water partition coefficient (Wildman–Crippen LogP) is 2.75. The summed E-state index contributed by atoms with van der Waals surface area (Å²) in [4.78, 5) is 1.75. The number of halogens is 2. The zero-order valence-corrected chi connectivity index (χ0v) is 9.50. The number of hydrogen-bond donors (Lipinski definition) is 1. The average molecular weight is 228 g/mol. The van der Waals surface area contributed by atoms with E-state index >= 15 is 0 Å². The minimum absolute atomic E-state index is 0.178. The lowest BCUT2D eigenvalue weighted by molar-refractivity contribution is 0.0847. The summed E-state index contributed by atoms with van der Waals surface area (Å²) in [6.07, 6.45) is -1.41. The van der Waals surface area contributed by atoms with E-state index in [1.165, 1.54) is 0 Å². The number of hydrogen-bond acceptors (Lipinski definition) is 2. The van der Waals surface area contributed by atoms with Crippen molar-refractivity contribution in [1.82, 2.24) is 4.90 Å². The first-order valence-corrected chi connectivity index (χ1v) is 5.46. The zero-order chi connectivity index (χ0) is 12.0. The molecule has 2 N–H and O–H groups in total. The molecule has 0 bridgehead atoms. The molecular weight excluding hydrogens is 210 g/mol. The molecule has 0 saturated heterocycles. The molecule has 0 aromatic heterocycles. The van der Waals surface area contributed by atoms with Gasteiger partial charge in [0.1, 0.15) is 0 Å². The van der Waals surface area contributed by atoms with Crippen LogP contribution in [-0.2, 0) is 6.54 Å². The van der Waals surface area contributed by atoms with Crippen molar-refractivity contribution in [2.45, 2.75) is 26.3 Å². The van der Waals surface area contributed by atoms with Gasteiger partial charge in [-0.1, -0.05) is 19.1 Å². The van der Waals surface area contributed by atoms with Crippen LogP contribution in [0.25, 0.3) is 0 Å². The Labute approximate surface area is 95.1 Å². The molecule has 90 valence electrons. The smallest absolute Gasteiger partial charge is 0.251 e. The first-order valence-electron chi connectivity index (χ1n) is 5.46. The number of rotatable bonds is 6. The Morgan fingerprint density at radius 2 is 2.12 bits per heavy atom. The standard InChI is InChI=1S/C12H18F2N2/c1-2-6-16(9-12(13)14)8-10-4-3-5-11(15)7-10/h3-5,7,12H,2,6,8-9,15H2,1H3. The van der Waals surface area contributed by atoms with E-state index in [9.17, 15) is 8.78 Å². The summed E-state index contributed by atoms with van der Waals surface area (Å²) in [6, 6.07) is 7.37. The fourth-order valence-electron chi connectivity index (χ4n) is 1.70. The van der Waals surface area contributed by atoms with Crippen LogP contribution in [0.1, 0.15) is 18.9 Å². The van der Waals surface area contributed by atoms with Crippen molar-refractivity contribution in [2.24, 2.45) is 0 Å². The molecule has 0 aliphatic rings. The minimum Gasteiger partial charge on any atom is -0.399 e. The molecular formula is C12H18F2N2. The molecule has 0 aliphatic carbocycles. The average Bonchev–Trinajstić information content (AvgIpc) is 2.16. The first-order chi connectivity index (χ1) is 7.61. The molecule has 0 amide bonds. The van der Waals surface area contributed by atoms with Gasteiger partial charge in [0.25, 0.3) is 6.43 Å². The van der Waals surface area contributed by atoms with Gasteiger partial charge in [-0.05, 0) is 30.7 Å². The summed E-state index contributed by atoms with van der Waals surface area (Å²) < 4.78 is 24.6. The molecule has 16 heavy (non-hydrogen) atoms. The third-order valence-corrected chi connectivity index (χ3v) is 2.29. The molecule has 0 unspecified atom stereocenters. The molecule has 2 nitrogen and oxygen atoms in total. The molecule has 1 aromatic rings. The maximum Gasteiger partial charge on any atom is 0.251 e. The van der Waals surface area contributed by atoms with Gasteiger partial charge in [0, 0.05) is 12.2 Å². The summed E-state index contributed by atoms with van der Waals surface area (Å²) in [6.45, 7) is 3.02. The number of nitrogen functional groups attached to an aromatic ring is 1. The molecule has 0 fully saturated rings. The van der Waals surface area contributed by atoms with Crippen LogP contribution in [0.4, 0.5) is 14.5 Å². The van der Waals surface area contributed by atoms with Crippen LogP contribution < -0.4 is 5.73 Å². The van der Waals surface area contributed by atoms with E-state index in [-0.39, 0.29) is 6.54 Å². The Morgan fingerprint density at radius 3 is 2.69 bits per heavy atom. The van der Waals surface area contributed by atoms with Gasteiger partial charge in [-0.15, -0.1) is 0 Å². The van der Waals surface area contributed by atoms with Crippen LogP contribution in [-0.4, -0.2) is 24.4 Å². The van der Waals surface area contributed by atoms with Crippen molar-refractivity contribution in [3.8, 4) is 0 Å². The number of alkyl halides is 2. The second-order valence-electron chi connectivity index (χ2n) is 3.87. The van der Waals surface area contributed by atoms with Gasteiger partial charge in [0.15, 0.2) is 0 Å². The number of nitrogens with zero attached hydrogens (tertiary/aromatic N) is 1. The lowest BCUT2D eigenvalue weighted by Gasteiger charge is -2.21. The summed E-state index contributed by atoms with van der Waals surface area (Å²) >= 11 is 0. The maximum absolute atomic E-state index is 12.3. The Balaban J connectivity index is 2.60. The predicted molar refractivity (Wildman–Crippen MR) is 62.4 cm³/mol. The quantitative estimate of drug-likeness (QED) is 0.758. The topological polar surface area (TPSA) is 29.3 Å². The molecule has 0 saturated carbocycles. The van der Waals surface area contributed by atoms with Crippen molar-refractivity contribution < 1.29 is 8.78 Å². The molecule has 4 heteroatoms. The third kappa shape index (κ3) is 4.57. The van der Waals surface area contributed by atoms with Crippen LogP contribution in [0.5, 0.6) is 0 Å². The normalized spacial score (nSPS) is 11.3. The van der Waals surface area contributed by atoms with Crippen molar-refractivity contribution in [3.63, 3.8) is 0 Å². The summed E-state index contributed by atoms with van der Waals surface area (Å²) in [7, 11) is 0. The summed E-state index contributed by atoms with van der Waals surface area (Å²) in [5.41, 5.74) is 7.30. The SMILES string of the molecule is CCCN(Cc1cccc(N)c1)CC(F)F. The van der Waals surface area contributed by atoms with Gasteiger partial charge in [-0.3, -0.25) is 4.90 Å². The molecule has 0 atom stereocenters. The van der Waals surface area contributed by atoms with Gasteiger partial charge in [-0.25, -0.2) is 8.78 Å². The first kappa shape index (κ1) is 12.9. The minimum atomic E-state index is -2.28. The fourth-order valence-corrected chi connectivity index (χ4v) is 1.70. The molecule has 0 heterocycles. The lowest BCUT2D eigenvalue weighted by atomic mass is 10.2. The third-order valence-electron chi connectivity index (χ3n) is 2.29. The maximum atomic E-state index is 12.3.